The van der Waals surface area contributed by atoms with Crippen molar-refractivity contribution in [1.29, 1.82) is 0 Å². The smallest absolute Gasteiger partial charge is 0.355 e. The summed E-state index contributed by atoms with van der Waals surface area (Å²) in [7, 11) is 0. The van der Waals surface area contributed by atoms with Gasteiger partial charge in [0.25, 0.3) is 0 Å². The normalized spacial score (nSPS) is 29.0. The van der Waals surface area contributed by atoms with Gasteiger partial charge in [-0.05, 0) is 37.5 Å². The highest BCUT2D eigenvalue weighted by Crippen LogP contribution is 2.48. The largest absolute Gasteiger partial charge is 0.392 e. The number of amides is 1. The van der Waals surface area contributed by atoms with Crippen molar-refractivity contribution in [3.05, 3.63) is 0 Å². The highest BCUT2D eigenvalue weighted by atomic mass is 35.5. The van der Waals surface area contributed by atoms with Gasteiger partial charge < -0.3 is 5.32 Å². The second-order valence-corrected chi connectivity index (χ2v) is 6.57. The number of alkyl halides is 4. The lowest BCUT2D eigenvalue weighted by Gasteiger charge is -2.32. The lowest BCUT2D eigenvalue weighted by Crippen LogP contribution is -2.44. The van der Waals surface area contributed by atoms with Crippen LogP contribution in [0.25, 0.3) is 0 Å². The van der Waals surface area contributed by atoms with Crippen molar-refractivity contribution in [1.82, 2.24) is 5.32 Å². The zero-order chi connectivity index (χ0) is 14.8. The molecule has 0 radical (unpaired) electrons. The summed E-state index contributed by atoms with van der Waals surface area (Å²) in [6, 6.07) is 0. The van der Waals surface area contributed by atoms with Gasteiger partial charge in [0.05, 0.1) is 5.92 Å². The molecule has 2 atom stereocenters. The molecule has 116 valence electrons. The van der Waals surface area contributed by atoms with Crippen LogP contribution < -0.4 is 5.32 Å². The standard InChI is InChI=1S/C14H21ClF3NO/c15-8-7-13(5-6-13)9-19-12(20)10-3-1-2-4-11(10)14(16,17)18/h10-11H,1-9H2,(H,19,20). The van der Waals surface area contributed by atoms with Gasteiger partial charge in [0.2, 0.25) is 5.91 Å². The third-order valence-electron chi connectivity index (χ3n) is 4.74. The Labute approximate surface area is 122 Å². The van der Waals surface area contributed by atoms with Gasteiger partial charge in [0.15, 0.2) is 0 Å². The minimum atomic E-state index is -4.27. The topological polar surface area (TPSA) is 29.1 Å². The Morgan fingerprint density at radius 3 is 2.45 bits per heavy atom. The van der Waals surface area contributed by atoms with E-state index in [0.717, 1.165) is 19.3 Å². The summed E-state index contributed by atoms with van der Waals surface area (Å²) in [5.74, 6) is -2.27. The molecule has 20 heavy (non-hydrogen) atoms. The average molecular weight is 312 g/mol. The van der Waals surface area contributed by atoms with E-state index < -0.39 is 23.9 Å². The molecule has 6 heteroatoms. The van der Waals surface area contributed by atoms with Crippen molar-refractivity contribution in [2.24, 2.45) is 17.3 Å². The molecule has 0 heterocycles. The fourth-order valence-electron chi connectivity index (χ4n) is 3.13. The Kier molecular flexibility index (Phi) is 4.88. The van der Waals surface area contributed by atoms with E-state index in [0.29, 0.717) is 31.7 Å². The van der Waals surface area contributed by atoms with E-state index in [9.17, 15) is 18.0 Å². The Morgan fingerprint density at radius 2 is 1.90 bits per heavy atom. The summed E-state index contributed by atoms with van der Waals surface area (Å²) in [6.07, 6.45) is 0.257. The van der Waals surface area contributed by atoms with Crippen LogP contribution in [0.5, 0.6) is 0 Å². The van der Waals surface area contributed by atoms with E-state index in [2.05, 4.69) is 5.32 Å². The summed E-state index contributed by atoms with van der Waals surface area (Å²) in [5, 5.41) is 2.74. The number of nitrogens with one attached hydrogen (secondary N) is 1. The average Bonchev–Trinajstić information content (AvgIpc) is 3.16. The van der Waals surface area contributed by atoms with Gasteiger partial charge in [-0.1, -0.05) is 12.8 Å². The Balaban J connectivity index is 1.90. The van der Waals surface area contributed by atoms with Crippen LogP contribution in [0, 0.1) is 17.3 Å². The molecule has 1 N–H and O–H groups in total. The number of carbonyl (C=O) groups excluding carboxylic acids is 1. The van der Waals surface area contributed by atoms with Crippen molar-refractivity contribution in [2.45, 2.75) is 51.1 Å². The van der Waals surface area contributed by atoms with E-state index in [1.807, 2.05) is 0 Å². The summed E-state index contributed by atoms with van der Waals surface area (Å²) >= 11 is 5.71. The van der Waals surface area contributed by atoms with Gasteiger partial charge in [-0.2, -0.15) is 13.2 Å². The van der Waals surface area contributed by atoms with Crippen LogP contribution in [0.3, 0.4) is 0 Å². The van der Waals surface area contributed by atoms with E-state index in [1.165, 1.54) is 0 Å². The molecule has 2 nitrogen and oxygen atoms in total. The molecule has 0 spiro atoms. The summed E-state index contributed by atoms with van der Waals surface area (Å²) in [6.45, 7) is 0.472. The van der Waals surface area contributed by atoms with Crippen molar-refractivity contribution in [3.8, 4) is 0 Å². The molecule has 0 aliphatic heterocycles. The summed E-state index contributed by atoms with van der Waals surface area (Å²) in [5.41, 5.74) is 0.0554. The fourth-order valence-corrected chi connectivity index (χ4v) is 3.54. The maximum atomic E-state index is 13.0. The first kappa shape index (κ1) is 15.9. The van der Waals surface area contributed by atoms with Gasteiger partial charge in [0.1, 0.15) is 0 Å². The molecule has 0 aromatic rings. The second-order valence-electron chi connectivity index (χ2n) is 6.20. The van der Waals surface area contributed by atoms with Crippen LogP contribution in [-0.2, 0) is 4.79 Å². The zero-order valence-electron chi connectivity index (χ0n) is 11.4. The summed E-state index contributed by atoms with van der Waals surface area (Å²) in [4.78, 5) is 12.1. The lowest BCUT2D eigenvalue weighted by molar-refractivity contribution is -0.198. The molecule has 2 unspecified atom stereocenters. The molecule has 0 aromatic carbocycles. The number of carbonyl (C=O) groups is 1. The van der Waals surface area contributed by atoms with E-state index in [4.69, 9.17) is 11.6 Å². The number of hydrogen-bond donors (Lipinski definition) is 1. The first-order valence-electron chi connectivity index (χ1n) is 7.28. The van der Waals surface area contributed by atoms with Gasteiger partial charge in [-0.15, -0.1) is 11.6 Å². The molecule has 2 rings (SSSR count). The first-order valence-corrected chi connectivity index (χ1v) is 7.82. The van der Waals surface area contributed by atoms with Crippen LogP contribution in [0.1, 0.15) is 44.9 Å². The van der Waals surface area contributed by atoms with Crippen LogP contribution in [0.4, 0.5) is 13.2 Å². The third kappa shape index (κ3) is 3.80. The quantitative estimate of drug-likeness (QED) is 0.767. The molecule has 0 bridgehead atoms. The molecule has 2 fully saturated rings. The van der Waals surface area contributed by atoms with Crippen LogP contribution >= 0.6 is 11.6 Å². The monoisotopic (exact) mass is 311 g/mol. The second kappa shape index (κ2) is 6.12. The maximum Gasteiger partial charge on any atom is 0.392 e. The predicted molar refractivity (Wildman–Crippen MR) is 71.5 cm³/mol. The van der Waals surface area contributed by atoms with Crippen molar-refractivity contribution < 1.29 is 18.0 Å². The van der Waals surface area contributed by atoms with Gasteiger partial charge in [-0.25, -0.2) is 0 Å². The SMILES string of the molecule is O=C(NCC1(CCCl)CC1)C1CCCCC1C(F)(F)F. The van der Waals surface area contributed by atoms with Crippen LogP contribution in [0.2, 0.25) is 0 Å². The van der Waals surface area contributed by atoms with E-state index >= 15 is 0 Å². The lowest BCUT2D eigenvalue weighted by atomic mass is 9.78. The number of rotatable bonds is 5. The van der Waals surface area contributed by atoms with Gasteiger partial charge in [-0.3, -0.25) is 4.79 Å². The van der Waals surface area contributed by atoms with E-state index in [-0.39, 0.29) is 11.8 Å². The fraction of sp³-hybridized carbons (Fsp3) is 0.929. The highest BCUT2D eigenvalue weighted by molar-refractivity contribution is 6.17. The van der Waals surface area contributed by atoms with E-state index in [1.54, 1.807) is 0 Å². The molecule has 2 aliphatic rings. The number of halogens is 4. The molecule has 2 saturated carbocycles. The predicted octanol–water partition coefficient (Wildman–Crippen LogP) is 3.88. The van der Waals surface area contributed by atoms with Crippen LogP contribution in [0.15, 0.2) is 0 Å². The maximum absolute atomic E-state index is 13.0. The van der Waals surface area contributed by atoms with Crippen molar-refractivity contribution >= 4 is 17.5 Å². The molecule has 0 saturated heterocycles. The Morgan fingerprint density at radius 1 is 1.25 bits per heavy atom. The minimum absolute atomic E-state index is 0.0554. The molecule has 1 amide bonds. The van der Waals surface area contributed by atoms with Crippen molar-refractivity contribution in [2.75, 3.05) is 12.4 Å². The van der Waals surface area contributed by atoms with Crippen molar-refractivity contribution in [3.63, 3.8) is 0 Å². The Bertz CT molecular complexity index is 355. The first-order chi connectivity index (χ1) is 9.38. The third-order valence-corrected chi connectivity index (χ3v) is 4.93. The number of hydrogen-bond acceptors (Lipinski definition) is 1. The summed E-state index contributed by atoms with van der Waals surface area (Å²) < 4.78 is 38.9. The Hall–Kier alpha value is -0.450. The molecular formula is C14H21ClF3NO. The zero-order valence-corrected chi connectivity index (χ0v) is 12.2. The molecule has 2 aliphatic carbocycles. The molecular weight excluding hydrogens is 291 g/mol. The highest BCUT2D eigenvalue weighted by Gasteiger charge is 2.49. The van der Waals surface area contributed by atoms with Crippen LogP contribution in [-0.4, -0.2) is 24.5 Å². The molecule has 0 aromatic heterocycles. The van der Waals surface area contributed by atoms with Gasteiger partial charge >= 0.3 is 6.18 Å². The van der Waals surface area contributed by atoms with Gasteiger partial charge in [0, 0.05) is 18.3 Å². The minimum Gasteiger partial charge on any atom is -0.355 e.